The van der Waals surface area contributed by atoms with Gasteiger partial charge in [-0.2, -0.15) is 0 Å². The minimum absolute atomic E-state index is 0. The number of nitrogens with one attached hydrogen (secondary N) is 2. The van der Waals surface area contributed by atoms with Gasteiger partial charge < -0.3 is 34.0 Å². The third-order valence-corrected chi connectivity index (χ3v) is 1.71. The van der Waals surface area contributed by atoms with E-state index in [0.717, 1.165) is 11.4 Å². The number of aromatic nitrogens is 2. The van der Waals surface area contributed by atoms with Gasteiger partial charge in [0.1, 0.15) is 0 Å². The van der Waals surface area contributed by atoms with E-state index in [4.69, 9.17) is 0 Å². The molecule has 14 heavy (non-hydrogen) atoms. The lowest BCUT2D eigenvalue weighted by Crippen LogP contribution is -3.00. The molecule has 74 valence electrons. The first-order chi connectivity index (χ1) is 5.97. The van der Waals surface area contributed by atoms with E-state index in [9.17, 15) is 0 Å². The van der Waals surface area contributed by atoms with Crippen molar-refractivity contribution >= 4 is 0 Å². The number of hydrogen-bond donors (Lipinski definition) is 0. The molecule has 0 aliphatic heterocycles. The Morgan fingerprint density at radius 3 is 1.36 bits per heavy atom. The van der Waals surface area contributed by atoms with E-state index in [1.54, 1.807) is 0 Å². The molecule has 2 heterocycles. The molecule has 0 fully saturated rings. The van der Waals surface area contributed by atoms with E-state index in [1.165, 1.54) is 0 Å². The maximum Gasteiger partial charge on any atom is 0.275 e. The molecule has 2 aromatic rings. The molecule has 2 aromatic heterocycles. The van der Waals surface area contributed by atoms with Crippen LogP contribution in [-0.4, -0.2) is 0 Å². The van der Waals surface area contributed by atoms with Gasteiger partial charge in [0, 0.05) is 24.3 Å². The summed E-state index contributed by atoms with van der Waals surface area (Å²) in [5.41, 5.74) is 2.19. The summed E-state index contributed by atoms with van der Waals surface area (Å²) in [6, 6.07) is 12.0. The lowest BCUT2D eigenvalue weighted by molar-refractivity contribution is -0.402. The van der Waals surface area contributed by atoms with Crippen LogP contribution in [0, 0.1) is 0 Å². The number of pyridine rings is 2. The van der Waals surface area contributed by atoms with Crippen LogP contribution in [0.4, 0.5) is 0 Å². The Morgan fingerprint density at radius 1 is 0.643 bits per heavy atom. The van der Waals surface area contributed by atoms with Gasteiger partial charge in [-0.1, -0.05) is 0 Å². The van der Waals surface area contributed by atoms with Gasteiger partial charge in [0.25, 0.3) is 11.4 Å². The molecule has 0 aliphatic carbocycles. The minimum Gasteiger partial charge on any atom is -1.00 e. The first-order valence-electron chi connectivity index (χ1n) is 3.90. The van der Waals surface area contributed by atoms with Crippen molar-refractivity contribution in [3.05, 3.63) is 48.8 Å². The van der Waals surface area contributed by atoms with Crippen molar-refractivity contribution in [3.63, 3.8) is 0 Å². The fourth-order valence-corrected chi connectivity index (χ4v) is 1.12. The van der Waals surface area contributed by atoms with Gasteiger partial charge in [0.15, 0.2) is 12.4 Å². The molecule has 0 aliphatic rings. The van der Waals surface area contributed by atoms with Crippen LogP contribution in [-0.2, 0) is 0 Å². The Balaban J connectivity index is 0.000000845. The number of aromatic amines is 2. The van der Waals surface area contributed by atoms with Gasteiger partial charge >= 0.3 is 0 Å². The van der Waals surface area contributed by atoms with E-state index < -0.39 is 0 Å². The SMILES string of the molecule is [Br-].[Br-].c1ccc(-c2cccc[nH+]2)[nH+]c1. The second-order valence-electron chi connectivity index (χ2n) is 2.55. The molecule has 2 rings (SSSR count). The maximum atomic E-state index is 3.15. The second kappa shape index (κ2) is 6.68. The van der Waals surface area contributed by atoms with E-state index in [-0.39, 0.29) is 34.0 Å². The molecule has 0 bridgehead atoms. The summed E-state index contributed by atoms with van der Waals surface area (Å²) < 4.78 is 0. The first-order valence-corrected chi connectivity index (χ1v) is 3.90. The molecule has 0 atom stereocenters. The maximum absolute atomic E-state index is 3.15. The summed E-state index contributed by atoms with van der Waals surface area (Å²) in [4.78, 5) is 6.31. The fraction of sp³-hybridized carbons (Fsp3) is 0. The second-order valence-corrected chi connectivity index (χ2v) is 2.55. The van der Waals surface area contributed by atoms with Crippen molar-refractivity contribution in [3.8, 4) is 11.4 Å². The largest absolute Gasteiger partial charge is 1.00 e. The highest BCUT2D eigenvalue weighted by atomic mass is 79.9. The third kappa shape index (κ3) is 3.20. The van der Waals surface area contributed by atoms with Crippen LogP contribution < -0.4 is 43.9 Å². The van der Waals surface area contributed by atoms with Gasteiger partial charge in [-0.05, 0) is 12.1 Å². The number of H-pyrrole nitrogens is 2. The molecule has 0 saturated carbocycles. The normalized spacial score (nSPS) is 8.29. The smallest absolute Gasteiger partial charge is 0.275 e. The summed E-state index contributed by atoms with van der Waals surface area (Å²) >= 11 is 0. The predicted octanol–water partition coefficient (Wildman–Crippen LogP) is -5.01. The number of hydrogen-bond acceptors (Lipinski definition) is 0. The Bertz CT molecular complexity index is 314. The molecule has 2 nitrogen and oxygen atoms in total. The fourth-order valence-electron chi connectivity index (χ4n) is 1.12. The van der Waals surface area contributed by atoms with Gasteiger partial charge in [-0.15, -0.1) is 0 Å². The van der Waals surface area contributed by atoms with Gasteiger partial charge in [0.2, 0.25) is 0 Å². The van der Waals surface area contributed by atoms with Crippen molar-refractivity contribution in [1.29, 1.82) is 0 Å². The highest BCUT2D eigenvalue weighted by molar-refractivity contribution is 5.44. The van der Waals surface area contributed by atoms with Crippen molar-refractivity contribution in [2.24, 2.45) is 0 Å². The highest BCUT2D eigenvalue weighted by Gasteiger charge is 2.08. The lowest BCUT2D eigenvalue weighted by Gasteiger charge is -1.85. The Labute approximate surface area is 104 Å². The first kappa shape index (κ1) is 13.3. The van der Waals surface area contributed by atoms with Crippen LogP contribution in [0.1, 0.15) is 0 Å². The van der Waals surface area contributed by atoms with Crippen molar-refractivity contribution in [2.75, 3.05) is 0 Å². The average Bonchev–Trinajstić information content (AvgIpc) is 2.21. The molecule has 0 saturated heterocycles. The zero-order chi connectivity index (χ0) is 8.23. The summed E-state index contributed by atoms with van der Waals surface area (Å²) in [5, 5.41) is 0. The van der Waals surface area contributed by atoms with Crippen molar-refractivity contribution in [1.82, 2.24) is 0 Å². The van der Waals surface area contributed by atoms with Crippen LogP contribution >= 0.6 is 0 Å². The summed E-state index contributed by atoms with van der Waals surface area (Å²) in [6.45, 7) is 0. The summed E-state index contributed by atoms with van der Waals surface area (Å²) in [5.74, 6) is 0. The minimum atomic E-state index is 0. The van der Waals surface area contributed by atoms with E-state index >= 15 is 0 Å². The zero-order valence-electron chi connectivity index (χ0n) is 7.37. The molecule has 0 radical (unpaired) electrons. The van der Waals surface area contributed by atoms with E-state index in [0.29, 0.717) is 0 Å². The summed E-state index contributed by atoms with van der Waals surface area (Å²) in [7, 11) is 0. The Morgan fingerprint density at radius 2 is 1.07 bits per heavy atom. The van der Waals surface area contributed by atoms with Crippen molar-refractivity contribution in [2.45, 2.75) is 0 Å². The number of rotatable bonds is 1. The molecule has 0 unspecified atom stereocenters. The quantitative estimate of drug-likeness (QED) is 0.504. The third-order valence-electron chi connectivity index (χ3n) is 1.71. The Kier molecular flexibility index (Phi) is 6.32. The Hall–Kier alpha value is -0.740. The number of halogens is 2. The monoisotopic (exact) mass is 316 g/mol. The molecule has 0 amide bonds. The van der Waals surface area contributed by atoms with Crippen molar-refractivity contribution < 1.29 is 43.9 Å². The highest BCUT2D eigenvalue weighted by Crippen LogP contribution is 2.04. The molecule has 0 aromatic carbocycles. The topological polar surface area (TPSA) is 28.3 Å². The van der Waals surface area contributed by atoms with Crippen LogP contribution in [0.2, 0.25) is 0 Å². The molecular weight excluding hydrogens is 308 g/mol. The van der Waals surface area contributed by atoms with Crippen LogP contribution in [0.15, 0.2) is 48.8 Å². The van der Waals surface area contributed by atoms with Crippen LogP contribution in [0.25, 0.3) is 11.4 Å². The van der Waals surface area contributed by atoms with Gasteiger partial charge in [-0.25, -0.2) is 9.97 Å². The molecule has 0 spiro atoms. The molecular formula is C10H10Br2N2. The van der Waals surface area contributed by atoms with Crippen LogP contribution in [0.3, 0.4) is 0 Å². The summed E-state index contributed by atoms with van der Waals surface area (Å²) in [6.07, 6.45) is 3.83. The van der Waals surface area contributed by atoms with E-state index in [1.807, 2.05) is 48.8 Å². The standard InChI is InChI=1S/C10H8N2.2BrH/c1-3-7-11-9(5-1)10-6-2-4-8-12-10;;/h1-8H;2*1H. The molecule has 4 heteroatoms. The lowest BCUT2D eigenvalue weighted by atomic mass is 10.2. The average molecular weight is 318 g/mol. The van der Waals surface area contributed by atoms with Gasteiger partial charge in [0.05, 0.1) is 0 Å². The van der Waals surface area contributed by atoms with Crippen LogP contribution in [0.5, 0.6) is 0 Å². The van der Waals surface area contributed by atoms with Gasteiger partial charge in [-0.3, -0.25) is 0 Å². The molecule has 2 N–H and O–H groups in total. The predicted molar refractivity (Wildman–Crippen MR) is 45.0 cm³/mol. The van der Waals surface area contributed by atoms with E-state index in [2.05, 4.69) is 9.97 Å². The zero-order valence-corrected chi connectivity index (χ0v) is 10.5.